The molecule has 1 unspecified atom stereocenters. The first-order chi connectivity index (χ1) is 17.3. The number of halogens is 2. The fraction of sp³-hybridized carbons (Fsp3) is 0.520. The number of rotatable bonds is 8. The molecule has 2 aromatic rings. The molecular weight excluding hydrogens is 487 g/mol. The summed E-state index contributed by atoms with van der Waals surface area (Å²) in [6.45, 7) is 7.71. The molecule has 1 aromatic carbocycles. The molecule has 2 fully saturated rings. The van der Waals surface area contributed by atoms with Gasteiger partial charge in [0, 0.05) is 24.8 Å². The van der Waals surface area contributed by atoms with Crippen molar-refractivity contribution in [1.82, 2.24) is 15.3 Å². The van der Waals surface area contributed by atoms with Gasteiger partial charge >= 0.3 is 6.09 Å². The van der Waals surface area contributed by atoms with Gasteiger partial charge in [-0.1, -0.05) is 26.0 Å². The molecule has 2 N–H and O–H groups in total. The van der Waals surface area contributed by atoms with Gasteiger partial charge in [-0.25, -0.2) is 14.2 Å². The molecule has 0 saturated carbocycles. The first-order valence-electron chi connectivity index (χ1n) is 12.2. The summed E-state index contributed by atoms with van der Waals surface area (Å²) in [7, 11) is 0. The van der Waals surface area contributed by atoms with E-state index in [1.807, 2.05) is 45.0 Å². The molecule has 2 aliphatic rings. The van der Waals surface area contributed by atoms with Crippen LogP contribution in [0.2, 0.25) is 0 Å². The molecule has 4 rings (SSSR count). The fourth-order valence-corrected chi connectivity index (χ4v) is 4.69. The predicted octanol–water partition coefficient (Wildman–Crippen LogP) is 4.09. The van der Waals surface area contributed by atoms with E-state index in [-0.39, 0.29) is 54.2 Å². The number of nitrogens with zero attached hydrogens (tertiary/aromatic N) is 4. The van der Waals surface area contributed by atoms with E-state index in [9.17, 15) is 14.0 Å². The highest BCUT2D eigenvalue weighted by Crippen LogP contribution is 2.29. The van der Waals surface area contributed by atoms with E-state index < -0.39 is 11.9 Å². The minimum absolute atomic E-state index is 0.0320. The van der Waals surface area contributed by atoms with Crippen LogP contribution in [0.1, 0.15) is 45.2 Å². The number of hydrogen-bond acceptors (Lipinski definition) is 7. The van der Waals surface area contributed by atoms with Crippen molar-refractivity contribution in [2.24, 2.45) is 5.92 Å². The molecule has 0 aliphatic carbocycles. The van der Waals surface area contributed by atoms with E-state index in [4.69, 9.17) is 16.3 Å². The first-order valence-corrected chi connectivity index (χ1v) is 12.8. The lowest BCUT2D eigenvalue weighted by Crippen LogP contribution is -2.48. The molecule has 36 heavy (non-hydrogen) atoms. The molecule has 194 valence electrons. The highest BCUT2D eigenvalue weighted by Gasteiger charge is 2.39. The average Bonchev–Trinajstić information content (AvgIpc) is 3.26. The number of alkyl halides is 1. The van der Waals surface area contributed by atoms with Crippen LogP contribution in [0.5, 0.6) is 0 Å². The van der Waals surface area contributed by atoms with E-state index in [0.29, 0.717) is 0 Å². The average molecular weight is 519 g/mol. The maximum absolute atomic E-state index is 14.6. The Kier molecular flexibility index (Phi) is 8.13. The molecule has 2 amide bonds. The number of amides is 2. The highest BCUT2D eigenvalue weighted by atomic mass is 35.5. The number of anilines is 3. The van der Waals surface area contributed by atoms with E-state index in [0.717, 1.165) is 43.4 Å². The molecule has 9 nitrogen and oxygen atoms in total. The lowest BCUT2D eigenvalue weighted by Gasteiger charge is -2.35. The summed E-state index contributed by atoms with van der Waals surface area (Å²) in [5, 5.41) is 6.17. The fourth-order valence-electron chi connectivity index (χ4n) is 4.61. The Morgan fingerprint density at radius 2 is 2.03 bits per heavy atom. The third-order valence-electron chi connectivity index (χ3n) is 6.64. The van der Waals surface area contributed by atoms with E-state index >= 15 is 0 Å². The van der Waals surface area contributed by atoms with E-state index in [1.165, 1.54) is 4.90 Å². The van der Waals surface area contributed by atoms with Gasteiger partial charge in [-0.3, -0.25) is 9.69 Å². The van der Waals surface area contributed by atoms with Gasteiger partial charge in [0.2, 0.25) is 11.9 Å². The summed E-state index contributed by atoms with van der Waals surface area (Å²) in [4.78, 5) is 35.8. The number of carbonyl (C=O) groups is 2. The van der Waals surface area contributed by atoms with Crippen LogP contribution in [0.15, 0.2) is 30.5 Å². The van der Waals surface area contributed by atoms with E-state index in [1.54, 1.807) is 0 Å². The van der Waals surface area contributed by atoms with Gasteiger partial charge in [-0.2, -0.15) is 4.98 Å². The maximum atomic E-state index is 14.6. The zero-order chi connectivity index (χ0) is 25.8. The molecule has 2 saturated heterocycles. The molecule has 1 aromatic heterocycles. The van der Waals surface area contributed by atoms with Crippen LogP contribution in [-0.4, -0.2) is 59.6 Å². The number of benzene rings is 1. The Labute approximate surface area is 215 Å². The van der Waals surface area contributed by atoms with Crippen molar-refractivity contribution in [2.45, 2.75) is 51.7 Å². The molecule has 2 aliphatic heterocycles. The molecular formula is C25H32ClFN6O3. The highest BCUT2D eigenvalue weighted by molar-refractivity contribution is 6.27. The summed E-state index contributed by atoms with van der Waals surface area (Å²) in [6, 6.07) is 7.75. The van der Waals surface area contributed by atoms with Gasteiger partial charge < -0.3 is 20.3 Å². The topological polar surface area (TPSA) is 99.7 Å². The van der Waals surface area contributed by atoms with E-state index in [2.05, 4.69) is 25.5 Å². The van der Waals surface area contributed by atoms with Gasteiger partial charge in [0.25, 0.3) is 0 Å². The van der Waals surface area contributed by atoms with Gasteiger partial charge in [0.05, 0.1) is 18.3 Å². The van der Waals surface area contributed by atoms with Gasteiger partial charge in [-0.05, 0) is 43.4 Å². The number of piperidine rings is 1. The first kappa shape index (κ1) is 25.9. The van der Waals surface area contributed by atoms with Crippen LogP contribution in [0, 0.1) is 11.7 Å². The Morgan fingerprint density at radius 3 is 2.72 bits per heavy atom. The van der Waals surface area contributed by atoms with Gasteiger partial charge in [0.1, 0.15) is 12.5 Å². The smallest absolute Gasteiger partial charge is 0.416 e. The molecule has 0 bridgehead atoms. The largest absolute Gasteiger partial charge is 0.447 e. The normalized spacial score (nSPS) is 20.9. The number of carbonyl (C=O) groups excluding carboxylic acids is 2. The van der Waals surface area contributed by atoms with Crippen molar-refractivity contribution in [1.29, 1.82) is 0 Å². The Morgan fingerprint density at radius 1 is 1.28 bits per heavy atom. The van der Waals surface area contributed by atoms with Crippen molar-refractivity contribution in [3.8, 4) is 0 Å². The van der Waals surface area contributed by atoms with Crippen molar-refractivity contribution in [2.75, 3.05) is 40.7 Å². The van der Waals surface area contributed by atoms with Crippen molar-refractivity contribution >= 4 is 41.1 Å². The van der Waals surface area contributed by atoms with Crippen molar-refractivity contribution in [3.05, 3.63) is 41.8 Å². The lowest BCUT2D eigenvalue weighted by molar-refractivity contribution is -0.119. The molecule has 3 atom stereocenters. The third-order valence-corrected chi connectivity index (χ3v) is 6.88. The predicted molar refractivity (Wildman–Crippen MR) is 137 cm³/mol. The summed E-state index contributed by atoms with van der Waals surface area (Å²) >= 11 is 5.62. The van der Waals surface area contributed by atoms with Crippen LogP contribution in [0.25, 0.3) is 0 Å². The zero-order valence-electron chi connectivity index (χ0n) is 20.7. The minimum Gasteiger partial charge on any atom is -0.447 e. The van der Waals surface area contributed by atoms with Crippen LogP contribution < -0.4 is 20.4 Å². The molecule has 0 spiro atoms. The second-order valence-corrected chi connectivity index (χ2v) is 9.83. The number of cyclic esters (lactones) is 1. The van der Waals surface area contributed by atoms with Crippen LogP contribution >= 0.6 is 11.6 Å². The van der Waals surface area contributed by atoms with Crippen LogP contribution in [0.4, 0.5) is 26.6 Å². The number of aromatic nitrogens is 2. The summed E-state index contributed by atoms with van der Waals surface area (Å²) in [5.74, 6) is -0.645. The Hall–Kier alpha value is -3.14. The van der Waals surface area contributed by atoms with Crippen molar-refractivity contribution in [3.63, 3.8) is 0 Å². The van der Waals surface area contributed by atoms with Gasteiger partial charge in [0.15, 0.2) is 11.6 Å². The lowest BCUT2D eigenvalue weighted by atomic mass is 10.0. The van der Waals surface area contributed by atoms with Crippen LogP contribution in [-0.2, 0) is 9.53 Å². The Bertz CT molecular complexity index is 1090. The summed E-state index contributed by atoms with van der Waals surface area (Å²) in [5.41, 5.74) is 2.07. The van der Waals surface area contributed by atoms with Gasteiger partial charge in [-0.15, -0.1) is 11.6 Å². The molecule has 11 heteroatoms. The second-order valence-electron chi connectivity index (χ2n) is 9.57. The molecule has 3 heterocycles. The SMILES string of the molecule is CC(C)[C@H]1COC(=O)N1c1nc(N[C@@H](C)c2ccc(N3CCCC(NC(=O)CCl)C3)cc2)ncc1F. The van der Waals surface area contributed by atoms with Crippen molar-refractivity contribution < 1.29 is 18.7 Å². The Balaban J connectivity index is 1.43. The summed E-state index contributed by atoms with van der Waals surface area (Å²) < 4.78 is 19.7. The maximum Gasteiger partial charge on any atom is 0.416 e. The quantitative estimate of drug-likeness (QED) is 0.508. The van der Waals surface area contributed by atoms with Crippen LogP contribution in [0.3, 0.4) is 0 Å². The second kappa shape index (κ2) is 11.3. The summed E-state index contributed by atoms with van der Waals surface area (Å²) in [6.07, 6.45) is 2.38. The third kappa shape index (κ3) is 5.80. The minimum atomic E-state index is -0.677. The number of hydrogen-bond donors (Lipinski definition) is 2. The number of ether oxygens (including phenoxy) is 1. The molecule has 0 radical (unpaired) electrons. The standard InChI is InChI=1S/C25H32ClFN6O3/c1-15(2)21-14-36-25(35)33(21)23-20(27)12-28-24(31-23)29-16(3)17-6-8-19(9-7-17)32-10-4-5-18(13-32)30-22(34)11-26/h6-9,12,15-16,18,21H,4-5,10-11,13-14H2,1-3H3,(H,30,34)(H,28,29,31)/t16-,18?,21+/m0/s1. The zero-order valence-corrected chi connectivity index (χ0v) is 21.5. The number of nitrogens with one attached hydrogen (secondary N) is 2. The monoisotopic (exact) mass is 518 g/mol.